The number of anilines is 1. The third-order valence-electron chi connectivity index (χ3n) is 3.47. The molecule has 0 saturated carbocycles. The molecule has 1 heterocycles. The Balaban J connectivity index is 1.81. The van der Waals surface area contributed by atoms with E-state index in [1.165, 1.54) is 12.1 Å². The molecule has 3 aromatic rings. The molecular weight excluding hydrogens is 293 g/mol. The van der Waals surface area contributed by atoms with E-state index < -0.39 is 11.7 Å². The Hall–Kier alpha value is -2.50. The molecule has 0 aliphatic heterocycles. The van der Waals surface area contributed by atoms with Gasteiger partial charge in [-0.15, -0.1) is 0 Å². The van der Waals surface area contributed by atoms with Crippen LogP contribution in [-0.2, 0) is 6.18 Å². The van der Waals surface area contributed by atoms with E-state index in [-0.39, 0.29) is 6.04 Å². The van der Waals surface area contributed by atoms with E-state index in [1.807, 2.05) is 25.1 Å². The van der Waals surface area contributed by atoms with Crippen LogP contribution in [0, 0.1) is 0 Å². The van der Waals surface area contributed by atoms with E-state index in [0.717, 1.165) is 23.1 Å². The molecule has 3 nitrogen and oxygen atoms in total. The maximum atomic E-state index is 12.6. The van der Waals surface area contributed by atoms with Gasteiger partial charge in [-0.3, -0.25) is 0 Å². The van der Waals surface area contributed by atoms with Crippen molar-refractivity contribution < 1.29 is 17.7 Å². The van der Waals surface area contributed by atoms with Crippen molar-refractivity contribution in [3.8, 4) is 0 Å². The highest BCUT2D eigenvalue weighted by atomic mass is 19.4. The summed E-state index contributed by atoms with van der Waals surface area (Å²) in [5.74, 6) is 0.572. The zero-order valence-corrected chi connectivity index (χ0v) is 11.7. The molecule has 1 aromatic heterocycles. The first-order valence-corrected chi connectivity index (χ1v) is 6.73. The lowest BCUT2D eigenvalue weighted by molar-refractivity contribution is -0.137. The molecule has 1 unspecified atom stereocenters. The van der Waals surface area contributed by atoms with Crippen molar-refractivity contribution in [2.75, 3.05) is 5.32 Å². The SMILES string of the molecule is CC(Nc1noc2ccccc12)c1ccc(C(F)(F)F)cc1. The maximum absolute atomic E-state index is 12.6. The number of nitrogens with zero attached hydrogens (tertiary/aromatic N) is 1. The smallest absolute Gasteiger partial charge is 0.360 e. The highest BCUT2D eigenvalue weighted by molar-refractivity contribution is 5.87. The van der Waals surface area contributed by atoms with Crippen LogP contribution in [0.1, 0.15) is 24.1 Å². The van der Waals surface area contributed by atoms with E-state index in [4.69, 9.17) is 4.52 Å². The maximum Gasteiger partial charge on any atom is 0.416 e. The van der Waals surface area contributed by atoms with Gasteiger partial charge in [-0.1, -0.05) is 29.4 Å². The van der Waals surface area contributed by atoms with E-state index in [2.05, 4.69) is 10.5 Å². The summed E-state index contributed by atoms with van der Waals surface area (Å²) in [5.41, 5.74) is 0.736. The summed E-state index contributed by atoms with van der Waals surface area (Å²) >= 11 is 0. The molecule has 0 aliphatic carbocycles. The Labute approximate surface area is 124 Å². The number of benzene rings is 2. The minimum absolute atomic E-state index is 0.198. The highest BCUT2D eigenvalue weighted by Crippen LogP contribution is 2.31. The second-order valence-electron chi connectivity index (χ2n) is 5.01. The third kappa shape index (κ3) is 2.77. The standard InChI is InChI=1S/C16H13F3N2O/c1-10(11-6-8-12(9-7-11)16(17,18)19)20-15-13-4-2-3-5-14(13)22-21-15/h2-10H,1H3,(H,20,21). The molecule has 1 N–H and O–H groups in total. The van der Waals surface area contributed by atoms with Crippen LogP contribution in [0.5, 0.6) is 0 Å². The van der Waals surface area contributed by atoms with Crippen LogP contribution in [0.15, 0.2) is 53.1 Å². The number of alkyl halides is 3. The van der Waals surface area contributed by atoms with Gasteiger partial charge in [0.15, 0.2) is 11.4 Å². The number of hydrogen-bond acceptors (Lipinski definition) is 3. The number of aromatic nitrogens is 1. The Morgan fingerprint density at radius 3 is 2.41 bits per heavy atom. The second-order valence-corrected chi connectivity index (χ2v) is 5.01. The second kappa shape index (κ2) is 5.36. The van der Waals surface area contributed by atoms with Crippen molar-refractivity contribution in [1.29, 1.82) is 0 Å². The topological polar surface area (TPSA) is 38.1 Å². The number of nitrogens with one attached hydrogen (secondary N) is 1. The van der Waals surface area contributed by atoms with Gasteiger partial charge in [0.25, 0.3) is 0 Å². The van der Waals surface area contributed by atoms with Gasteiger partial charge in [-0.05, 0) is 36.8 Å². The summed E-state index contributed by atoms with van der Waals surface area (Å²) in [6.07, 6.45) is -4.32. The lowest BCUT2D eigenvalue weighted by atomic mass is 10.1. The van der Waals surface area contributed by atoms with Gasteiger partial charge in [0.2, 0.25) is 0 Å². The van der Waals surface area contributed by atoms with Gasteiger partial charge in [0, 0.05) is 0 Å². The van der Waals surface area contributed by atoms with E-state index in [9.17, 15) is 13.2 Å². The fraction of sp³-hybridized carbons (Fsp3) is 0.188. The van der Waals surface area contributed by atoms with Crippen LogP contribution in [0.3, 0.4) is 0 Å². The zero-order valence-electron chi connectivity index (χ0n) is 11.7. The van der Waals surface area contributed by atoms with Gasteiger partial charge in [0.05, 0.1) is 17.0 Å². The summed E-state index contributed by atoms with van der Waals surface area (Å²) in [4.78, 5) is 0. The van der Waals surface area contributed by atoms with Gasteiger partial charge < -0.3 is 9.84 Å². The molecular formula is C16H13F3N2O. The van der Waals surface area contributed by atoms with Crippen molar-refractivity contribution in [2.45, 2.75) is 19.1 Å². The number of rotatable bonds is 3. The van der Waals surface area contributed by atoms with Crippen LogP contribution in [-0.4, -0.2) is 5.16 Å². The average molecular weight is 306 g/mol. The van der Waals surface area contributed by atoms with Gasteiger partial charge in [0.1, 0.15) is 0 Å². The largest absolute Gasteiger partial charge is 0.416 e. The Kier molecular flexibility index (Phi) is 3.52. The molecule has 22 heavy (non-hydrogen) atoms. The molecule has 0 aliphatic rings. The minimum atomic E-state index is -4.32. The summed E-state index contributed by atoms with van der Waals surface area (Å²) in [5, 5.41) is 7.94. The molecule has 0 saturated heterocycles. The van der Waals surface area contributed by atoms with Crippen LogP contribution in [0.2, 0.25) is 0 Å². The Morgan fingerprint density at radius 2 is 1.73 bits per heavy atom. The van der Waals surface area contributed by atoms with Crippen LogP contribution in [0.4, 0.5) is 19.0 Å². The lowest BCUT2D eigenvalue weighted by Crippen LogP contribution is -2.09. The monoisotopic (exact) mass is 306 g/mol. The fourth-order valence-corrected chi connectivity index (χ4v) is 2.24. The van der Waals surface area contributed by atoms with E-state index >= 15 is 0 Å². The number of hydrogen-bond donors (Lipinski definition) is 1. The first kappa shape index (κ1) is 14.4. The average Bonchev–Trinajstić information content (AvgIpc) is 2.90. The Morgan fingerprint density at radius 1 is 1.05 bits per heavy atom. The summed E-state index contributed by atoms with van der Waals surface area (Å²) in [7, 11) is 0. The van der Waals surface area contributed by atoms with E-state index in [0.29, 0.717) is 11.4 Å². The highest BCUT2D eigenvalue weighted by Gasteiger charge is 2.30. The molecule has 114 valence electrons. The van der Waals surface area contributed by atoms with Crippen LogP contribution >= 0.6 is 0 Å². The van der Waals surface area contributed by atoms with Crippen molar-refractivity contribution in [3.05, 3.63) is 59.7 Å². The van der Waals surface area contributed by atoms with Crippen molar-refractivity contribution in [1.82, 2.24) is 5.16 Å². The van der Waals surface area contributed by atoms with Crippen LogP contribution in [0.25, 0.3) is 11.0 Å². The summed E-state index contributed by atoms with van der Waals surface area (Å²) in [6.45, 7) is 1.85. The third-order valence-corrected chi connectivity index (χ3v) is 3.47. The molecule has 6 heteroatoms. The van der Waals surface area contributed by atoms with Crippen LogP contribution < -0.4 is 5.32 Å². The molecule has 0 fully saturated rings. The molecule has 1 atom stereocenters. The van der Waals surface area contributed by atoms with E-state index in [1.54, 1.807) is 6.07 Å². The van der Waals surface area contributed by atoms with Gasteiger partial charge in [-0.25, -0.2) is 0 Å². The summed E-state index contributed by atoms with van der Waals surface area (Å²) < 4.78 is 42.9. The predicted molar refractivity (Wildman–Crippen MR) is 77.5 cm³/mol. The van der Waals surface area contributed by atoms with Gasteiger partial charge in [-0.2, -0.15) is 13.2 Å². The Bertz CT molecular complexity index is 778. The molecule has 0 bridgehead atoms. The number of halogens is 3. The van der Waals surface area contributed by atoms with Crippen molar-refractivity contribution in [3.63, 3.8) is 0 Å². The normalized spacial score (nSPS) is 13.3. The lowest BCUT2D eigenvalue weighted by Gasteiger charge is -2.14. The first-order chi connectivity index (χ1) is 10.4. The quantitative estimate of drug-likeness (QED) is 0.738. The number of fused-ring (bicyclic) bond motifs is 1. The zero-order chi connectivity index (χ0) is 15.7. The van der Waals surface area contributed by atoms with Crippen molar-refractivity contribution in [2.24, 2.45) is 0 Å². The molecule has 0 amide bonds. The minimum Gasteiger partial charge on any atom is -0.360 e. The molecule has 2 aromatic carbocycles. The van der Waals surface area contributed by atoms with Gasteiger partial charge >= 0.3 is 6.18 Å². The number of para-hydroxylation sites is 1. The molecule has 3 rings (SSSR count). The first-order valence-electron chi connectivity index (χ1n) is 6.73. The fourth-order valence-electron chi connectivity index (χ4n) is 2.24. The predicted octanol–water partition coefficient (Wildman–Crippen LogP) is 5.02. The van der Waals surface area contributed by atoms with Crippen molar-refractivity contribution >= 4 is 16.8 Å². The molecule has 0 spiro atoms. The molecule has 0 radical (unpaired) electrons. The summed E-state index contributed by atoms with van der Waals surface area (Å²) in [6, 6.07) is 12.3.